The van der Waals surface area contributed by atoms with E-state index in [0.29, 0.717) is 0 Å². The fraction of sp³-hybridized carbons (Fsp3) is 0.667. The third-order valence-corrected chi connectivity index (χ3v) is 4.86. The quantitative estimate of drug-likeness (QED) is 0.354. The maximum Gasteiger partial charge on any atom is 0.123 e. The van der Waals surface area contributed by atoms with Crippen LogP contribution in [0.3, 0.4) is 0 Å². The van der Waals surface area contributed by atoms with Gasteiger partial charge in [0.15, 0.2) is 0 Å². The van der Waals surface area contributed by atoms with E-state index in [9.17, 15) is 0 Å². The molecule has 0 aliphatic carbocycles. The Kier molecular flexibility index (Phi) is 11.0. The van der Waals surface area contributed by atoms with Gasteiger partial charge in [-0.1, -0.05) is 60.5 Å². The van der Waals surface area contributed by atoms with Crippen LogP contribution in [-0.4, -0.2) is 19.8 Å². The molecule has 27 heavy (non-hydrogen) atoms. The van der Waals surface area contributed by atoms with Crippen molar-refractivity contribution in [3.05, 3.63) is 36.0 Å². The van der Waals surface area contributed by atoms with Crippen molar-refractivity contribution in [2.45, 2.75) is 79.6 Å². The topological polar surface area (TPSA) is 30.5 Å². The van der Waals surface area contributed by atoms with Crippen LogP contribution in [0.5, 0.6) is 11.5 Å². The molecule has 0 heterocycles. The minimum atomic E-state index is 0.136. The number of rotatable bonds is 15. The van der Waals surface area contributed by atoms with E-state index in [1.807, 2.05) is 6.07 Å². The average molecular weight is 376 g/mol. The highest BCUT2D eigenvalue weighted by atomic mass is 16.5. The van der Waals surface area contributed by atoms with Crippen LogP contribution < -0.4 is 14.8 Å². The minimum Gasteiger partial charge on any atom is -0.493 e. The molecule has 1 rings (SSSR count). The van der Waals surface area contributed by atoms with Gasteiger partial charge in [0.2, 0.25) is 0 Å². The highest BCUT2D eigenvalue weighted by Gasteiger charge is 2.20. The molecule has 1 aromatic carbocycles. The lowest BCUT2D eigenvalue weighted by atomic mass is 9.84. The van der Waals surface area contributed by atoms with Crippen molar-refractivity contribution in [2.75, 3.05) is 19.8 Å². The normalized spacial score (nSPS) is 11.3. The zero-order chi connectivity index (χ0) is 20.1. The van der Waals surface area contributed by atoms with Gasteiger partial charge in [0.25, 0.3) is 0 Å². The summed E-state index contributed by atoms with van der Waals surface area (Å²) in [6.45, 7) is 17.7. The first-order valence-electron chi connectivity index (χ1n) is 10.8. The number of ether oxygens (including phenoxy) is 2. The summed E-state index contributed by atoms with van der Waals surface area (Å²) in [7, 11) is 0. The second-order valence-corrected chi connectivity index (χ2v) is 8.01. The van der Waals surface area contributed by atoms with Crippen molar-refractivity contribution in [3.63, 3.8) is 0 Å². The number of nitrogens with one attached hydrogen (secondary N) is 1. The molecule has 1 N–H and O–H groups in total. The molecule has 0 radical (unpaired) electrons. The van der Waals surface area contributed by atoms with Crippen molar-refractivity contribution in [1.82, 2.24) is 5.32 Å². The van der Waals surface area contributed by atoms with Gasteiger partial charge < -0.3 is 14.8 Å². The molecule has 0 saturated carbocycles. The Morgan fingerprint density at radius 2 is 1.52 bits per heavy atom. The molecule has 0 aliphatic rings. The summed E-state index contributed by atoms with van der Waals surface area (Å²) in [5, 5.41) is 3.55. The van der Waals surface area contributed by atoms with E-state index < -0.39 is 0 Å². The molecule has 3 heteroatoms. The van der Waals surface area contributed by atoms with Crippen molar-refractivity contribution in [1.29, 1.82) is 0 Å². The second-order valence-electron chi connectivity index (χ2n) is 8.01. The van der Waals surface area contributed by atoms with Crippen LogP contribution in [0.1, 0.15) is 78.7 Å². The summed E-state index contributed by atoms with van der Waals surface area (Å²) in [5.74, 6) is 1.80. The molecule has 1 aromatic rings. The number of unbranched alkanes of at least 4 members (excludes halogenated alkanes) is 2. The number of hydrogen-bond donors (Lipinski definition) is 1. The summed E-state index contributed by atoms with van der Waals surface area (Å²) < 4.78 is 11.7. The van der Waals surface area contributed by atoms with E-state index in [-0.39, 0.29) is 5.41 Å². The minimum absolute atomic E-state index is 0.136. The van der Waals surface area contributed by atoms with Gasteiger partial charge >= 0.3 is 0 Å². The lowest BCUT2D eigenvalue weighted by molar-refractivity contribution is 0.301. The molecule has 0 spiro atoms. The van der Waals surface area contributed by atoms with Gasteiger partial charge in [-0.15, -0.1) is 0 Å². The van der Waals surface area contributed by atoms with Gasteiger partial charge in [-0.25, -0.2) is 0 Å². The third kappa shape index (κ3) is 9.21. The lowest BCUT2D eigenvalue weighted by Crippen LogP contribution is -2.27. The van der Waals surface area contributed by atoms with Gasteiger partial charge in [0.1, 0.15) is 11.5 Å². The maximum atomic E-state index is 5.84. The Hall–Kier alpha value is -1.64. The molecule has 0 unspecified atom stereocenters. The Morgan fingerprint density at radius 3 is 2.04 bits per heavy atom. The van der Waals surface area contributed by atoms with Crippen molar-refractivity contribution >= 4 is 0 Å². The summed E-state index contributed by atoms with van der Waals surface area (Å²) >= 11 is 0. The zero-order valence-corrected chi connectivity index (χ0v) is 18.3. The Morgan fingerprint density at radius 1 is 0.926 bits per heavy atom. The smallest absolute Gasteiger partial charge is 0.123 e. The van der Waals surface area contributed by atoms with E-state index in [1.165, 1.54) is 31.2 Å². The van der Waals surface area contributed by atoms with Gasteiger partial charge in [0, 0.05) is 23.7 Å². The van der Waals surface area contributed by atoms with Crippen LogP contribution in [-0.2, 0) is 6.42 Å². The largest absolute Gasteiger partial charge is 0.493 e. The van der Waals surface area contributed by atoms with E-state index in [2.05, 4.69) is 58.6 Å². The van der Waals surface area contributed by atoms with Crippen molar-refractivity contribution in [2.24, 2.45) is 5.41 Å². The molecule has 0 fully saturated rings. The molecule has 0 amide bonds. The Labute approximate surface area is 167 Å². The van der Waals surface area contributed by atoms with Crippen LogP contribution in [0.15, 0.2) is 30.5 Å². The fourth-order valence-corrected chi connectivity index (χ4v) is 2.95. The van der Waals surface area contributed by atoms with Crippen LogP contribution >= 0.6 is 0 Å². The molecule has 0 aliphatic heterocycles. The molecular formula is C24H41NO2. The fourth-order valence-electron chi connectivity index (χ4n) is 2.95. The Balaban J connectivity index is 2.62. The number of allylic oxidation sites excluding steroid dienone is 1. The molecule has 3 nitrogen and oxygen atoms in total. The van der Waals surface area contributed by atoms with Gasteiger partial charge in [0.05, 0.1) is 13.2 Å². The lowest BCUT2D eigenvalue weighted by Gasteiger charge is -2.28. The monoisotopic (exact) mass is 375 g/mol. The van der Waals surface area contributed by atoms with Crippen molar-refractivity contribution in [3.8, 4) is 11.5 Å². The summed E-state index contributed by atoms with van der Waals surface area (Å²) in [6.07, 6.45) is 7.93. The van der Waals surface area contributed by atoms with Crippen LogP contribution in [0.2, 0.25) is 0 Å². The summed E-state index contributed by atoms with van der Waals surface area (Å²) in [4.78, 5) is 0. The van der Waals surface area contributed by atoms with Gasteiger partial charge in [-0.3, -0.25) is 0 Å². The number of hydrogen-bond acceptors (Lipinski definition) is 3. The summed E-state index contributed by atoms with van der Waals surface area (Å²) in [6, 6.07) is 6.26. The first kappa shape index (κ1) is 23.4. The highest BCUT2D eigenvalue weighted by Crippen LogP contribution is 2.30. The predicted octanol–water partition coefficient (Wildman–Crippen LogP) is 6.52. The third-order valence-electron chi connectivity index (χ3n) is 4.86. The molecule has 0 aromatic heterocycles. The molecule has 0 bridgehead atoms. The van der Waals surface area contributed by atoms with Crippen molar-refractivity contribution < 1.29 is 9.47 Å². The first-order chi connectivity index (χ1) is 12.9. The van der Waals surface area contributed by atoms with E-state index in [0.717, 1.165) is 56.2 Å². The second kappa shape index (κ2) is 12.7. The first-order valence-corrected chi connectivity index (χ1v) is 10.8. The predicted molar refractivity (Wildman–Crippen MR) is 117 cm³/mol. The molecule has 154 valence electrons. The standard InChI is InChI=1S/C24H41NO2/c1-7-10-11-13-24(5,6)20(4)25-14-12-21-17-22(26-15-8-2)19-23(18-21)27-16-9-3/h17-19,25H,4,7-16H2,1-3,5-6H3. The van der Waals surface area contributed by atoms with Crippen LogP contribution in [0, 0.1) is 5.41 Å². The average Bonchev–Trinajstić information content (AvgIpc) is 2.64. The van der Waals surface area contributed by atoms with E-state index >= 15 is 0 Å². The molecule has 0 atom stereocenters. The summed E-state index contributed by atoms with van der Waals surface area (Å²) in [5.41, 5.74) is 2.51. The SMILES string of the molecule is C=C(NCCc1cc(OCCC)cc(OCCC)c1)C(C)(C)CCCCC. The zero-order valence-electron chi connectivity index (χ0n) is 18.3. The molecule has 0 saturated heterocycles. The van der Waals surface area contributed by atoms with Crippen LogP contribution in [0.25, 0.3) is 0 Å². The van der Waals surface area contributed by atoms with Gasteiger partial charge in [-0.05, 0) is 43.4 Å². The van der Waals surface area contributed by atoms with E-state index in [4.69, 9.17) is 9.47 Å². The van der Waals surface area contributed by atoms with E-state index in [1.54, 1.807) is 0 Å². The maximum absolute atomic E-state index is 5.84. The molecular weight excluding hydrogens is 334 g/mol. The van der Waals surface area contributed by atoms with Crippen LogP contribution in [0.4, 0.5) is 0 Å². The Bertz CT molecular complexity index is 525. The highest BCUT2D eigenvalue weighted by molar-refractivity contribution is 5.38. The van der Waals surface area contributed by atoms with Gasteiger partial charge in [-0.2, -0.15) is 0 Å². The number of benzene rings is 1.